The van der Waals surface area contributed by atoms with Crippen molar-refractivity contribution in [2.24, 2.45) is 11.7 Å². The van der Waals surface area contributed by atoms with Crippen molar-refractivity contribution >= 4 is 11.8 Å². The second-order valence-corrected chi connectivity index (χ2v) is 5.69. The Labute approximate surface area is 115 Å². The van der Waals surface area contributed by atoms with Gasteiger partial charge in [0.1, 0.15) is 0 Å². The lowest BCUT2D eigenvalue weighted by atomic mass is 9.83. The van der Waals surface area contributed by atoms with Gasteiger partial charge in [0, 0.05) is 13.1 Å². The molecule has 2 aliphatic rings. The minimum atomic E-state index is -0.264. The Kier molecular flexibility index (Phi) is 4.58. The van der Waals surface area contributed by atoms with Crippen LogP contribution in [0.1, 0.15) is 39.0 Å². The quantitative estimate of drug-likeness (QED) is 0.757. The monoisotopic (exact) mass is 267 g/mol. The van der Waals surface area contributed by atoms with E-state index in [1.54, 1.807) is 7.05 Å². The number of likely N-dealkylation sites (N-methyl/N-ethyl adjacent to an activating group) is 2. The lowest BCUT2D eigenvalue weighted by molar-refractivity contribution is -0.138. The molecular formula is C14H25N3O2. The van der Waals surface area contributed by atoms with E-state index in [1.165, 1.54) is 17.7 Å². The molecule has 3 unspecified atom stereocenters. The molecule has 19 heavy (non-hydrogen) atoms. The maximum Gasteiger partial charge on any atom is 0.246 e. The number of carbonyl (C=O) groups is 2. The SMILES string of the molecule is CCN(C1CC(=O)N(C)C1=O)C1CCCCC1CN. The third kappa shape index (κ3) is 2.67. The minimum Gasteiger partial charge on any atom is -0.330 e. The van der Waals surface area contributed by atoms with E-state index in [4.69, 9.17) is 5.73 Å². The van der Waals surface area contributed by atoms with Crippen LogP contribution >= 0.6 is 0 Å². The predicted molar refractivity (Wildman–Crippen MR) is 73.4 cm³/mol. The molecule has 2 amide bonds. The number of amides is 2. The number of nitrogens with two attached hydrogens (primary N) is 1. The van der Waals surface area contributed by atoms with Crippen molar-refractivity contribution in [2.75, 3.05) is 20.1 Å². The molecule has 0 bridgehead atoms. The molecule has 0 aromatic rings. The second-order valence-electron chi connectivity index (χ2n) is 5.69. The maximum atomic E-state index is 12.2. The van der Waals surface area contributed by atoms with Crippen molar-refractivity contribution in [1.82, 2.24) is 9.80 Å². The first-order chi connectivity index (χ1) is 9.10. The van der Waals surface area contributed by atoms with Gasteiger partial charge in [-0.2, -0.15) is 0 Å². The Morgan fingerprint density at radius 1 is 1.32 bits per heavy atom. The van der Waals surface area contributed by atoms with Gasteiger partial charge >= 0.3 is 0 Å². The Morgan fingerprint density at radius 3 is 2.53 bits per heavy atom. The van der Waals surface area contributed by atoms with Gasteiger partial charge in [0.2, 0.25) is 11.8 Å². The largest absolute Gasteiger partial charge is 0.330 e. The summed E-state index contributed by atoms with van der Waals surface area (Å²) in [4.78, 5) is 27.4. The van der Waals surface area contributed by atoms with Crippen molar-refractivity contribution in [3.05, 3.63) is 0 Å². The maximum absolute atomic E-state index is 12.2. The van der Waals surface area contributed by atoms with E-state index in [0.29, 0.717) is 24.9 Å². The number of imide groups is 1. The Hall–Kier alpha value is -0.940. The molecule has 1 saturated carbocycles. The molecule has 2 N–H and O–H groups in total. The van der Waals surface area contributed by atoms with E-state index in [0.717, 1.165) is 19.4 Å². The molecule has 2 rings (SSSR count). The molecule has 0 spiro atoms. The van der Waals surface area contributed by atoms with E-state index in [2.05, 4.69) is 11.8 Å². The zero-order valence-electron chi connectivity index (χ0n) is 12.0. The summed E-state index contributed by atoms with van der Waals surface area (Å²) >= 11 is 0. The number of carbonyl (C=O) groups excluding carboxylic acids is 2. The highest BCUT2D eigenvalue weighted by Crippen LogP contribution is 2.31. The molecule has 1 aliphatic heterocycles. The predicted octanol–water partition coefficient (Wildman–Crippen LogP) is 0.583. The Bertz CT molecular complexity index is 359. The summed E-state index contributed by atoms with van der Waals surface area (Å²) in [5.41, 5.74) is 5.89. The highest BCUT2D eigenvalue weighted by molar-refractivity contribution is 6.05. The van der Waals surface area contributed by atoms with Gasteiger partial charge in [0.15, 0.2) is 0 Å². The van der Waals surface area contributed by atoms with Gasteiger partial charge in [0.05, 0.1) is 12.5 Å². The van der Waals surface area contributed by atoms with Crippen LogP contribution in [-0.2, 0) is 9.59 Å². The van der Waals surface area contributed by atoms with Crippen molar-refractivity contribution in [2.45, 2.75) is 51.1 Å². The van der Waals surface area contributed by atoms with Crippen LogP contribution in [0.5, 0.6) is 0 Å². The topological polar surface area (TPSA) is 66.6 Å². The molecule has 0 aromatic carbocycles. The molecule has 5 nitrogen and oxygen atoms in total. The van der Waals surface area contributed by atoms with Gasteiger partial charge in [-0.05, 0) is 31.8 Å². The fraction of sp³-hybridized carbons (Fsp3) is 0.857. The van der Waals surface area contributed by atoms with E-state index in [-0.39, 0.29) is 17.9 Å². The van der Waals surface area contributed by atoms with E-state index in [9.17, 15) is 9.59 Å². The number of likely N-dealkylation sites (tertiary alicyclic amines) is 1. The van der Waals surface area contributed by atoms with Crippen molar-refractivity contribution < 1.29 is 9.59 Å². The lowest BCUT2D eigenvalue weighted by Crippen LogP contribution is -2.52. The average Bonchev–Trinajstić information content (AvgIpc) is 2.68. The first-order valence-electron chi connectivity index (χ1n) is 7.36. The zero-order valence-corrected chi connectivity index (χ0v) is 12.0. The summed E-state index contributed by atoms with van der Waals surface area (Å²) in [6.45, 7) is 3.54. The van der Waals surface area contributed by atoms with Gasteiger partial charge in [-0.3, -0.25) is 19.4 Å². The van der Waals surface area contributed by atoms with Crippen molar-refractivity contribution in [3.8, 4) is 0 Å². The highest BCUT2D eigenvalue weighted by Gasteiger charge is 2.43. The summed E-state index contributed by atoms with van der Waals surface area (Å²) in [6, 6.07) is 0.0941. The van der Waals surface area contributed by atoms with Crippen molar-refractivity contribution in [1.29, 1.82) is 0 Å². The molecule has 5 heteroatoms. The molecule has 0 aromatic heterocycles. The summed E-state index contributed by atoms with van der Waals surface area (Å²) in [5, 5.41) is 0. The van der Waals surface area contributed by atoms with Crippen LogP contribution in [0.15, 0.2) is 0 Å². The number of rotatable bonds is 4. The standard InChI is InChI=1S/C14H25N3O2/c1-3-17(11-7-5-4-6-10(11)9-15)12-8-13(18)16(2)14(12)19/h10-12H,3-9,15H2,1-2H3. The first kappa shape index (κ1) is 14.5. The summed E-state index contributed by atoms with van der Waals surface area (Å²) in [6.07, 6.45) is 4.99. The van der Waals surface area contributed by atoms with E-state index in [1.807, 2.05) is 0 Å². The number of nitrogens with zero attached hydrogens (tertiary/aromatic N) is 2. The van der Waals surface area contributed by atoms with Crippen LogP contribution in [-0.4, -0.2) is 53.8 Å². The minimum absolute atomic E-state index is 0.0480. The second kappa shape index (κ2) is 6.01. The molecule has 0 radical (unpaired) electrons. The molecule has 108 valence electrons. The average molecular weight is 267 g/mol. The highest BCUT2D eigenvalue weighted by atomic mass is 16.2. The number of hydrogen-bond donors (Lipinski definition) is 1. The van der Waals surface area contributed by atoms with Crippen molar-refractivity contribution in [3.63, 3.8) is 0 Å². The van der Waals surface area contributed by atoms with E-state index >= 15 is 0 Å². The van der Waals surface area contributed by atoms with Crippen LogP contribution in [0, 0.1) is 5.92 Å². The van der Waals surface area contributed by atoms with E-state index < -0.39 is 0 Å². The molecule has 1 heterocycles. The van der Waals surface area contributed by atoms with Gasteiger partial charge in [-0.15, -0.1) is 0 Å². The molecule has 2 fully saturated rings. The summed E-state index contributed by atoms with van der Waals surface area (Å²) in [7, 11) is 1.58. The van der Waals surface area contributed by atoms with Crippen LogP contribution < -0.4 is 5.73 Å². The third-order valence-corrected chi connectivity index (χ3v) is 4.72. The Morgan fingerprint density at radius 2 is 2.00 bits per heavy atom. The molecule has 1 saturated heterocycles. The zero-order chi connectivity index (χ0) is 14.0. The van der Waals surface area contributed by atoms with Crippen LogP contribution in [0.3, 0.4) is 0 Å². The molecule has 1 aliphatic carbocycles. The van der Waals surface area contributed by atoms with Gasteiger partial charge in [0.25, 0.3) is 0 Å². The lowest BCUT2D eigenvalue weighted by Gasteiger charge is -2.41. The third-order valence-electron chi connectivity index (χ3n) is 4.72. The molecule has 3 atom stereocenters. The van der Waals surface area contributed by atoms with Gasteiger partial charge < -0.3 is 5.73 Å². The Balaban J connectivity index is 2.15. The smallest absolute Gasteiger partial charge is 0.246 e. The summed E-state index contributed by atoms with van der Waals surface area (Å²) in [5.74, 6) is 0.351. The number of hydrogen-bond acceptors (Lipinski definition) is 4. The summed E-state index contributed by atoms with van der Waals surface area (Å²) < 4.78 is 0. The van der Waals surface area contributed by atoms with Crippen LogP contribution in [0.4, 0.5) is 0 Å². The fourth-order valence-electron chi connectivity index (χ4n) is 3.58. The normalized spacial score (nSPS) is 32.4. The van der Waals surface area contributed by atoms with Gasteiger partial charge in [-0.25, -0.2) is 0 Å². The van der Waals surface area contributed by atoms with Gasteiger partial charge in [-0.1, -0.05) is 19.8 Å². The van der Waals surface area contributed by atoms with Crippen LogP contribution in [0.25, 0.3) is 0 Å². The first-order valence-corrected chi connectivity index (χ1v) is 7.36. The van der Waals surface area contributed by atoms with Crippen LogP contribution in [0.2, 0.25) is 0 Å². The fourth-order valence-corrected chi connectivity index (χ4v) is 3.58. The molecular weight excluding hydrogens is 242 g/mol.